The second-order valence-electron chi connectivity index (χ2n) is 3.32. The highest BCUT2D eigenvalue weighted by atomic mass is 16.1. The number of ketones is 1. The van der Waals surface area contributed by atoms with Crippen molar-refractivity contribution in [3.63, 3.8) is 0 Å². The molecule has 0 unspecified atom stereocenters. The number of hydrogen-bond donors (Lipinski definition) is 0. The second-order valence-corrected chi connectivity index (χ2v) is 3.32. The van der Waals surface area contributed by atoms with Crippen LogP contribution in [-0.2, 0) is 6.42 Å². The molecule has 0 saturated carbocycles. The third-order valence-electron chi connectivity index (χ3n) is 2.54. The van der Waals surface area contributed by atoms with E-state index in [1.54, 1.807) is 0 Å². The number of carbonyl (C=O) groups is 1. The Hall–Kier alpha value is -1.62. The summed E-state index contributed by atoms with van der Waals surface area (Å²) in [5.41, 5.74) is 3.37. The van der Waals surface area contributed by atoms with Crippen molar-refractivity contribution in [3.8, 4) is 6.07 Å². The lowest BCUT2D eigenvalue weighted by Crippen LogP contribution is -1.94. The fourth-order valence-corrected chi connectivity index (χ4v) is 1.81. The van der Waals surface area contributed by atoms with E-state index in [-0.39, 0.29) is 5.78 Å². The lowest BCUT2D eigenvalue weighted by molar-refractivity contribution is 0.0994. The van der Waals surface area contributed by atoms with Crippen molar-refractivity contribution in [3.05, 3.63) is 34.4 Å². The molecular formula is C11H9NO. The predicted octanol–water partition coefficient (Wildman–Crippen LogP) is 2.00. The molecule has 1 aliphatic carbocycles. The van der Waals surface area contributed by atoms with Crippen LogP contribution in [0.1, 0.15) is 33.5 Å². The summed E-state index contributed by atoms with van der Waals surface area (Å²) in [6.45, 7) is 1.90. The summed E-state index contributed by atoms with van der Waals surface area (Å²) in [7, 11) is 0. The summed E-state index contributed by atoms with van der Waals surface area (Å²) in [6.07, 6.45) is 1.30. The summed E-state index contributed by atoms with van der Waals surface area (Å²) in [6, 6.07) is 5.85. The number of carbonyl (C=O) groups excluding carboxylic acids is 1. The molecule has 0 aliphatic heterocycles. The number of Topliss-reactive ketones (excluding diaryl/α,β-unsaturated/α-hetero) is 1. The number of hydrogen-bond acceptors (Lipinski definition) is 2. The zero-order valence-electron chi connectivity index (χ0n) is 7.42. The molecule has 2 heteroatoms. The van der Waals surface area contributed by atoms with Gasteiger partial charge in [-0.2, -0.15) is 5.26 Å². The summed E-state index contributed by atoms with van der Waals surface area (Å²) in [5, 5.41) is 8.91. The minimum Gasteiger partial charge on any atom is -0.294 e. The lowest BCUT2D eigenvalue weighted by Gasteiger charge is -2.02. The number of benzene rings is 1. The minimum absolute atomic E-state index is 0.173. The van der Waals surface area contributed by atoms with Crippen LogP contribution in [0.15, 0.2) is 12.1 Å². The Morgan fingerprint density at radius 1 is 1.38 bits per heavy atom. The van der Waals surface area contributed by atoms with Gasteiger partial charge in [-0.1, -0.05) is 12.1 Å². The SMILES string of the molecule is Cc1ccc2c(c1C#N)CCC2=O. The molecule has 2 rings (SSSR count). The Labute approximate surface area is 76.8 Å². The van der Waals surface area contributed by atoms with Crippen molar-refractivity contribution in [2.45, 2.75) is 19.8 Å². The topological polar surface area (TPSA) is 40.9 Å². The van der Waals surface area contributed by atoms with Crippen molar-refractivity contribution < 1.29 is 4.79 Å². The van der Waals surface area contributed by atoms with Crippen LogP contribution in [-0.4, -0.2) is 5.78 Å². The first kappa shape index (κ1) is 8.00. The molecule has 64 valence electrons. The van der Waals surface area contributed by atoms with Crippen molar-refractivity contribution in [1.82, 2.24) is 0 Å². The molecule has 0 aromatic heterocycles. The summed E-state index contributed by atoms with van der Waals surface area (Å²) < 4.78 is 0. The molecule has 0 spiro atoms. The van der Waals surface area contributed by atoms with E-state index in [0.29, 0.717) is 12.0 Å². The molecular weight excluding hydrogens is 162 g/mol. The number of nitrogens with zero attached hydrogens (tertiary/aromatic N) is 1. The highest BCUT2D eigenvalue weighted by Gasteiger charge is 2.22. The van der Waals surface area contributed by atoms with Crippen LogP contribution in [0.25, 0.3) is 0 Å². The van der Waals surface area contributed by atoms with Gasteiger partial charge in [0.05, 0.1) is 11.6 Å². The Kier molecular flexibility index (Phi) is 1.66. The fourth-order valence-electron chi connectivity index (χ4n) is 1.81. The number of aryl methyl sites for hydroxylation is 1. The zero-order chi connectivity index (χ0) is 9.42. The molecule has 0 bridgehead atoms. The predicted molar refractivity (Wildman–Crippen MR) is 48.5 cm³/mol. The van der Waals surface area contributed by atoms with E-state index in [4.69, 9.17) is 5.26 Å². The highest BCUT2D eigenvalue weighted by Crippen LogP contribution is 2.26. The van der Waals surface area contributed by atoms with E-state index in [9.17, 15) is 4.79 Å². The van der Waals surface area contributed by atoms with Gasteiger partial charge in [-0.3, -0.25) is 4.79 Å². The summed E-state index contributed by atoms with van der Waals surface area (Å²) >= 11 is 0. The van der Waals surface area contributed by atoms with E-state index in [2.05, 4.69) is 6.07 Å². The first-order valence-electron chi connectivity index (χ1n) is 4.30. The molecule has 0 fully saturated rings. The van der Waals surface area contributed by atoms with E-state index in [1.165, 1.54) is 0 Å². The molecule has 0 radical (unpaired) electrons. The first-order valence-corrected chi connectivity index (χ1v) is 4.30. The van der Waals surface area contributed by atoms with E-state index >= 15 is 0 Å². The van der Waals surface area contributed by atoms with E-state index < -0.39 is 0 Å². The van der Waals surface area contributed by atoms with Gasteiger partial charge in [0.2, 0.25) is 0 Å². The molecule has 1 aromatic carbocycles. The van der Waals surface area contributed by atoms with Gasteiger partial charge in [0.25, 0.3) is 0 Å². The molecule has 0 heterocycles. The maximum atomic E-state index is 11.3. The largest absolute Gasteiger partial charge is 0.294 e. The smallest absolute Gasteiger partial charge is 0.163 e. The molecule has 13 heavy (non-hydrogen) atoms. The van der Waals surface area contributed by atoms with Crippen molar-refractivity contribution in [1.29, 1.82) is 5.26 Å². The molecule has 1 aromatic rings. The highest BCUT2D eigenvalue weighted by molar-refractivity contribution is 6.01. The number of rotatable bonds is 0. The van der Waals surface area contributed by atoms with Gasteiger partial charge in [-0.25, -0.2) is 0 Å². The van der Waals surface area contributed by atoms with Gasteiger partial charge < -0.3 is 0 Å². The lowest BCUT2D eigenvalue weighted by atomic mass is 9.99. The van der Waals surface area contributed by atoms with E-state index in [1.807, 2.05) is 19.1 Å². The monoisotopic (exact) mass is 171 g/mol. The first-order chi connectivity index (χ1) is 6.24. The Morgan fingerprint density at radius 2 is 2.15 bits per heavy atom. The average molecular weight is 171 g/mol. The van der Waals surface area contributed by atoms with Crippen LogP contribution >= 0.6 is 0 Å². The van der Waals surface area contributed by atoms with Crippen LogP contribution in [0.4, 0.5) is 0 Å². The number of nitriles is 1. The molecule has 0 saturated heterocycles. The molecule has 2 nitrogen and oxygen atoms in total. The zero-order valence-corrected chi connectivity index (χ0v) is 7.42. The van der Waals surface area contributed by atoms with Crippen LogP contribution in [0.3, 0.4) is 0 Å². The van der Waals surface area contributed by atoms with Crippen LogP contribution in [0.2, 0.25) is 0 Å². The Morgan fingerprint density at radius 3 is 2.85 bits per heavy atom. The maximum absolute atomic E-state index is 11.3. The van der Waals surface area contributed by atoms with Gasteiger partial charge in [0.1, 0.15) is 0 Å². The third-order valence-corrected chi connectivity index (χ3v) is 2.54. The Balaban J connectivity index is 2.73. The van der Waals surface area contributed by atoms with Gasteiger partial charge in [-0.05, 0) is 24.5 Å². The minimum atomic E-state index is 0.173. The number of fused-ring (bicyclic) bond motifs is 1. The van der Waals surface area contributed by atoms with Gasteiger partial charge >= 0.3 is 0 Å². The van der Waals surface area contributed by atoms with Gasteiger partial charge in [0, 0.05) is 12.0 Å². The Bertz CT molecular complexity index is 426. The molecule has 0 N–H and O–H groups in total. The summed E-state index contributed by atoms with van der Waals surface area (Å²) in [4.78, 5) is 11.3. The normalized spacial score (nSPS) is 14.0. The summed E-state index contributed by atoms with van der Waals surface area (Å²) in [5.74, 6) is 0.173. The average Bonchev–Trinajstić information content (AvgIpc) is 2.48. The van der Waals surface area contributed by atoms with Crippen molar-refractivity contribution >= 4 is 5.78 Å². The second kappa shape index (κ2) is 2.70. The van der Waals surface area contributed by atoms with Gasteiger partial charge in [0.15, 0.2) is 5.78 Å². The van der Waals surface area contributed by atoms with Crippen molar-refractivity contribution in [2.75, 3.05) is 0 Å². The quantitative estimate of drug-likeness (QED) is 0.599. The third kappa shape index (κ3) is 1.05. The van der Waals surface area contributed by atoms with Crippen LogP contribution in [0.5, 0.6) is 0 Å². The van der Waals surface area contributed by atoms with Crippen LogP contribution in [0, 0.1) is 18.3 Å². The molecule has 0 amide bonds. The van der Waals surface area contributed by atoms with E-state index in [0.717, 1.165) is 23.1 Å². The van der Waals surface area contributed by atoms with Crippen LogP contribution < -0.4 is 0 Å². The van der Waals surface area contributed by atoms with Gasteiger partial charge in [-0.15, -0.1) is 0 Å². The van der Waals surface area contributed by atoms with Crippen molar-refractivity contribution in [2.24, 2.45) is 0 Å². The standard InChI is InChI=1S/C11H9NO/c1-7-2-3-9-8(10(7)6-12)4-5-11(9)13/h2-3H,4-5H2,1H3. The molecule has 1 aliphatic rings. The molecule has 0 atom stereocenters. The maximum Gasteiger partial charge on any atom is 0.163 e. The fraction of sp³-hybridized carbons (Fsp3) is 0.273.